The third kappa shape index (κ3) is 4.19. The standard InChI is InChI=1S/C15H19N3O2/c1-3-4-5-13-9-15(20-18-13)17-14(19)8-12-7-6-11(2)16-10-12/h6-7,9-10H,3-5,8H2,1-2H3,(H,17,19). The summed E-state index contributed by atoms with van der Waals surface area (Å²) in [5.41, 5.74) is 2.68. The minimum Gasteiger partial charge on any atom is -0.338 e. The highest BCUT2D eigenvalue weighted by molar-refractivity contribution is 5.90. The van der Waals surface area contributed by atoms with Gasteiger partial charge in [-0.15, -0.1) is 0 Å². The summed E-state index contributed by atoms with van der Waals surface area (Å²) in [4.78, 5) is 16.0. The van der Waals surface area contributed by atoms with Crippen molar-refractivity contribution in [1.29, 1.82) is 0 Å². The first-order valence-electron chi connectivity index (χ1n) is 6.84. The van der Waals surface area contributed by atoms with Crippen molar-refractivity contribution in [2.75, 3.05) is 5.32 Å². The van der Waals surface area contributed by atoms with Gasteiger partial charge in [0, 0.05) is 18.0 Å². The van der Waals surface area contributed by atoms with Gasteiger partial charge in [-0.05, 0) is 31.4 Å². The Hall–Kier alpha value is -2.17. The van der Waals surface area contributed by atoms with Crippen LogP contribution < -0.4 is 5.32 Å². The minimum absolute atomic E-state index is 0.131. The van der Waals surface area contributed by atoms with Crippen LogP contribution in [0, 0.1) is 6.92 Å². The van der Waals surface area contributed by atoms with Gasteiger partial charge in [0.05, 0.1) is 12.1 Å². The molecule has 0 aromatic carbocycles. The lowest BCUT2D eigenvalue weighted by atomic mass is 10.2. The van der Waals surface area contributed by atoms with Crippen LogP contribution in [0.3, 0.4) is 0 Å². The largest absolute Gasteiger partial charge is 0.338 e. The molecule has 5 nitrogen and oxygen atoms in total. The summed E-state index contributed by atoms with van der Waals surface area (Å²) in [5, 5.41) is 6.63. The number of anilines is 1. The molecule has 0 saturated carbocycles. The molecule has 2 heterocycles. The van der Waals surface area contributed by atoms with E-state index in [0.29, 0.717) is 5.88 Å². The van der Waals surface area contributed by atoms with Crippen molar-refractivity contribution in [3.05, 3.63) is 41.3 Å². The molecule has 20 heavy (non-hydrogen) atoms. The van der Waals surface area contributed by atoms with Crippen LogP contribution in [0.25, 0.3) is 0 Å². The molecule has 0 fully saturated rings. The van der Waals surface area contributed by atoms with Gasteiger partial charge in [-0.25, -0.2) is 0 Å². The van der Waals surface area contributed by atoms with Crippen LogP contribution in [0.2, 0.25) is 0 Å². The first-order valence-corrected chi connectivity index (χ1v) is 6.84. The van der Waals surface area contributed by atoms with Crippen LogP contribution in [0.4, 0.5) is 5.88 Å². The van der Waals surface area contributed by atoms with E-state index in [1.54, 1.807) is 12.3 Å². The van der Waals surface area contributed by atoms with Crippen molar-refractivity contribution in [3.8, 4) is 0 Å². The van der Waals surface area contributed by atoms with Gasteiger partial charge in [-0.2, -0.15) is 0 Å². The highest BCUT2D eigenvalue weighted by Crippen LogP contribution is 2.12. The Morgan fingerprint density at radius 3 is 2.95 bits per heavy atom. The maximum absolute atomic E-state index is 11.9. The number of unbranched alkanes of at least 4 members (excludes halogenated alkanes) is 1. The summed E-state index contributed by atoms with van der Waals surface area (Å²) in [7, 11) is 0. The zero-order valence-electron chi connectivity index (χ0n) is 11.8. The highest BCUT2D eigenvalue weighted by Gasteiger charge is 2.09. The fourth-order valence-electron chi connectivity index (χ4n) is 1.82. The van der Waals surface area contributed by atoms with E-state index in [0.717, 1.165) is 36.2 Å². The Morgan fingerprint density at radius 1 is 1.40 bits per heavy atom. The summed E-state index contributed by atoms with van der Waals surface area (Å²) in [6, 6.07) is 5.57. The molecule has 106 valence electrons. The molecule has 2 rings (SSSR count). The molecule has 0 unspecified atom stereocenters. The van der Waals surface area contributed by atoms with Crippen molar-refractivity contribution in [3.63, 3.8) is 0 Å². The Kier molecular flexibility index (Phi) is 4.87. The lowest BCUT2D eigenvalue weighted by Crippen LogP contribution is -2.14. The number of rotatable bonds is 6. The lowest BCUT2D eigenvalue weighted by molar-refractivity contribution is -0.115. The molecule has 0 radical (unpaired) electrons. The van der Waals surface area contributed by atoms with Gasteiger partial charge in [0.25, 0.3) is 0 Å². The average molecular weight is 273 g/mol. The summed E-state index contributed by atoms with van der Waals surface area (Å²) < 4.78 is 5.09. The first kappa shape index (κ1) is 14.2. The van der Waals surface area contributed by atoms with Crippen LogP contribution in [-0.2, 0) is 17.6 Å². The number of nitrogens with zero attached hydrogens (tertiary/aromatic N) is 2. The fourth-order valence-corrected chi connectivity index (χ4v) is 1.82. The molecule has 5 heteroatoms. The van der Waals surface area contributed by atoms with Crippen molar-refractivity contribution in [2.45, 2.75) is 39.5 Å². The van der Waals surface area contributed by atoms with E-state index >= 15 is 0 Å². The number of nitrogens with one attached hydrogen (secondary N) is 1. The SMILES string of the molecule is CCCCc1cc(NC(=O)Cc2ccc(C)nc2)on1. The minimum atomic E-state index is -0.131. The molecule has 1 N–H and O–H groups in total. The van der Waals surface area contributed by atoms with Gasteiger partial charge in [-0.3, -0.25) is 15.1 Å². The number of pyridine rings is 1. The number of amides is 1. The molecule has 0 aliphatic heterocycles. The summed E-state index contributed by atoms with van der Waals surface area (Å²) in [6.45, 7) is 4.04. The smallest absolute Gasteiger partial charge is 0.231 e. The number of aryl methyl sites for hydroxylation is 2. The molecule has 0 bridgehead atoms. The third-order valence-electron chi connectivity index (χ3n) is 2.95. The second-order valence-corrected chi connectivity index (χ2v) is 4.82. The van der Waals surface area contributed by atoms with Crippen LogP contribution in [0.15, 0.2) is 28.9 Å². The number of carbonyl (C=O) groups is 1. The topological polar surface area (TPSA) is 68.0 Å². The van der Waals surface area contributed by atoms with E-state index in [1.807, 2.05) is 19.1 Å². The van der Waals surface area contributed by atoms with Gasteiger partial charge < -0.3 is 4.52 Å². The number of carbonyl (C=O) groups excluding carboxylic acids is 1. The molecule has 0 saturated heterocycles. The second-order valence-electron chi connectivity index (χ2n) is 4.82. The van der Waals surface area contributed by atoms with Crippen molar-refractivity contribution in [1.82, 2.24) is 10.1 Å². The van der Waals surface area contributed by atoms with Gasteiger partial charge in [-0.1, -0.05) is 24.6 Å². The predicted molar refractivity (Wildman–Crippen MR) is 76.4 cm³/mol. The molecular weight excluding hydrogens is 254 g/mol. The highest BCUT2D eigenvalue weighted by atomic mass is 16.5. The zero-order chi connectivity index (χ0) is 14.4. The molecule has 0 aliphatic rings. The molecule has 2 aromatic rings. The van der Waals surface area contributed by atoms with Crippen LogP contribution >= 0.6 is 0 Å². The molecule has 0 spiro atoms. The summed E-state index contributed by atoms with van der Waals surface area (Å²) in [6.07, 6.45) is 5.03. The summed E-state index contributed by atoms with van der Waals surface area (Å²) in [5.74, 6) is 0.273. The van der Waals surface area contributed by atoms with E-state index in [9.17, 15) is 4.79 Å². The Morgan fingerprint density at radius 2 is 2.25 bits per heavy atom. The third-order valence-corrected chi connectivity index (χ3v) is 2.95. The Labute approximate surface area is 118 Å². The van der Waals surface area contributed by atoms with Gasteiger partial charge in [0.2, 0.25) is 11.8 Å². The lowest BCUT2D eigenvalue weighted by Gasteiger charge is -2.01. The van der Waals surface area contributed by atoms with Crippen LogP contribution in [0.5, 0.6) is 0 Å². The normalized spacial score (nSPS) is 10.5. The van der Waals surface area contributed by atoms with Crippen LogP contribution in [-0.4, -0.2) is 16.0 Å². The van der Waals surface area contributed by atoms with Crippen LogP contribution in [0.1, 0.15) is 36.7 Å². The van der Waals surface area contributed by atoms with E-state index in [-0.39, 0.29) is 12.3 Å². The van der Waals surface area contributed by atoms with Crippen molar-refractivity contribution in [2.24, 2.45) is 0 Å². The number of hydrogen-bond acceptors (Lipinski definition) is 4. The molecule has 0 atom stereocenters. The average Bonchev–Trinajstić information content (AvgIpc) is 2.86. The molecule has 0 aliphatic carbocycles. The predicted octanol–water partition coefficient (Wildman–Crippen LogP) is 2.90. The maximum atomic E-state index is 11.9. The molecular formula is C15H19N3O2. The molecule has 1 amide bonds. The van der Waals surface area contributed by atoms with E-state index < -0.39 is 0 Å². The van der Waals surface area contributed by atoms with Gasteiger partial charge in [0.15, 0.2) is 0 Å². The van der Waals surface area contributed by atoms with E-state index in [4.69, 9.17) is 4.52 Å². The zero-order valence-corrected chi connectivity index (χ0v) is 11.8. The number of aromatic nitrogens is 2. The van der Waals surface area contributed by atoms with Gasteiger partial charge in [0.1, 0.15) is 0 Å². The van der Waals surface area contributed by atoms with Crippen molar-refractivity contribution < 1.29 is 9.32 Å². The number of hydrogen-bond donors (Lipinski definition) is 1. The quantitative estimate of drug-likeness (QED) is 0.878. The van der Waals surface area contributed by atoms with E-state index in [1.165, 1.54) is 0 Å². The first-order chi connectivity index (χ1) is 9.67. The second kappa shape index (κ2) is 6.84. The fraction of sp³-hybridized carbons (Fsp3) is 0.400. The van der Waals surface area contributed by atoms with Crippen molar-refractivity contribution >= 4 is 11.8 Å². The maximum Gasteiger partial charge on any atom is 0.231 e. The Bertz CT molecular complexity index is 561. The Balaban J connectivity index is 1.87. The van der Waals surface area contributed by atoms with E-state index in [2.05, 4.69) is 22.4 Å². The monoisotopic (exact) mass is 273 g/mol. The molecule has 2 aromatic heterocycles. The summed E-state index contributed by atoms with van der Waals surface area (Å²) >= 11 is 0. The van der Waals surface area contributed by atoms with Gasteiger partial charge >= 0.3 is 0 Å².